The molecule has 53 heavy (non-hydrogen) atoms. The molecule has 0 atom stereocenters. The number of fused-ring (bicyclic) bond motifs is 14. The highest BCUT2D eigenvalue weighted by Gasteiger charge is 2.20. The van der Waals surface area contributed by atoms with Crippen LogP contribution in [-0.2, 0) is 0 Å². The van der Waals surface area contributed by atoms with Crippen LogP contribution in [-0.4, -0.2) is 19.1 Å². The van der Waals surface area contributed by atoms with E-state index in [-0.39, 0.29) is 0 Å². The quantitative estimate of drug-likeness (QED) is 0.175. The van der Waals surface area contributed by atoms with E-state index in [2.05, 4.69) is 173 Å². The normalized spacial score (nSPS) is 12.2. The molecule has 0 spiro atoms. The summed E-state index contributed by atoms with van der Waals surface area (Å²) >= 11 is 0. The van der Waals surface area contributed by atoms with Crippen LogP contribution in [0.15, 0.2) is 174 Å². The maximum Gasteiger partial charge on any atom is 0.248 e. The summed E-state index contributed by atoms with van der Waals surface area (Å²) in [6.07, 6.45) is 1.89. The number of rotatable bonds is 3. The SMILES string of the molecule is c1ccc(-n2c3ccccc3c3cc(-c4ccc5c6ccccc6n(-c6cnc7c(n6)oc6c8ccccc8c8ccccc8c76)c5c4)ccc32)cc1. The Morgan fingerprint density at radius 2 is 0.981 bits per heavy atom. The average molecular weight is 677 g/mol. The van der Waals surface area contributed by atoms with Gasteiger partial charge in [0.25, 0.3) is 0 Å². The summed E-state index contributed by atoms with van der Waals surface area (Å²) in [7, 11) is 0. The monoisotopic (exact) mass is 676 g/mol. The molecular weight excluding hydrogens is 649 g/mol. The zero-order valence-electron chi connectivity index (χ0n) is 28.4. The second kappa shape index (κ2) is 10.6. The standard InChI is InChI=1S/C48H28N4O/c1-2-12-31(13-3-1)51-40-20-10-9-17-35(40)39-26-29(23-25-42(39)51)30-22-24-36-34-16-8-11-21-41(34)52(43(36)27-30)44-28-49-46-45-37-18-6-4-14-32(37)33-15-5-7-19-38(33)47(45)53-48(46)50-44/h1-28H. The molecule has 0 fully saturated rings. The molecule has 0 aliphatic heterocycles. The van der Waals surface area contributed by atoms with Gasteiger partial charge in [-0.25, -0.2) is 4.98 Å². The Balaban J connectivity index is 1.08. The number of para-hydroxylation sites is 3. The molecular formula is C48H28N4O. The summed E-state index contributed by atoms with van der Waals surface area (Å²) in [6.45, 7) is 0. The van der Waals surface area contributed by atoms with Gasteiger partial charge in [-0.05, 0) is 69.8 Å². The predicted molar refractivity (Wildman–Crippen MR) is 218 cm³/mol. The maximum absolute atomic E-state index is 6.65. The van der Waals surface area contributed by atoms with E-state index in [1.165, 1.54) is 32.6 Å². The number of nitrogens with zero attached hydrogens (tertiary/aromatic N) is 4. The van der Waals surface area contributed by atoms with E-state index in [1.807, 2.05) is 6.20 Å². The predicted octanol–water partition coefficient (Wildman–Crippen LogP) is 12.5. The Bertz CT molecular complexity index is 3460. The molecule has 4 heterocycles. The second-order valence-electron chi connectivity index (χ2n) is 13.8. The van der Waals surface area contributed by atoms with Crippen LogP contribution in [0.2, 0.25) is 0 Å². The smallest absolute Gasteiger partial charge is 0.248 e. The fourth-order valence-corrected chi connectivity index (χ4v) is 8.67. The zero-order valence-corrected chi connectivity index (χ0v) is 28.4. The first-order chi connectivity index (χ1) is 26.3. The van der Waals surface area contributed by atoms with E-state index < -0.39 is 0 Å². The van der Waals surface area contributed by atoms with Gasteiger partial charge in [0.15, 0.2) is 5.82 Å². The van der Waals surface area contributed by atoms with Crippen LogP contribution >= 0.6 is 0 Å². The van der Waals surface area contributed by atoms with Crippen molar-refractivity contribution >= 4 is 87.4 Å². The summed E-state index contributed by atoms with van der Waals surface area (Å²) in [5.74, 6) is 0.718. The first-order valence-electron chi connectivity index (χ1n) is 17.9. The van der Waals surface area contributed by atoms with Crippen molar-refractivity contribution in [1.82, 2.24) is 19.1 Å². The van der Waals surface area contributed by atoms with Crippen molar-refractivity contribution in [2.24, 2.45) is 0 Å². The third-order valence-electron chi connectivity index (χ3n) is 11.0. The fourth-order valence-electron chi connectivity index (χ4n) is 8.67. The Morgan fingerprint density at radius 3 is 1.77 bits per heavy atom. The molecule has 0 amide bonds. The largest absolute Gasteiger partial charge is 0.436 e. The molecule has 0 aliphatic rings. The van der Waals surface area contributed by atoms with Crippen LogP contribution in [0, 0.1) is 0 Å². The number of hydrogen-bond donors (Lipinski definition) is 0. The topological polar surface area (TPSA) is 48.8 Å². The molecule has 4 aromatic heterocycles. The van der Waals surface area contributed by atoms with Gasteiger partial charge >= 0.3 is 0 Å². The molecule has 12 aromatic rings. The Labute approximate surface area is 302 Å². The molecule has 0 saturated heterocycles. The van der Waals surface area contributed by atoms with Crippen molar-refractivity contribution < 1.29 is 4.42 Å². The molecule has 0 saturated carbocycles. The number of furan rings is 1. The number of hydrogen-bond acceptors (Lipinski definition) is 3. The first-order valence-corrected chi connectivity index (χ1v) is 17.9. The summed E-state index contributed by atoms with van der Waals surface area (Å²) < 4.78 is 11.2. The van der Waals surface area contributed by atoms with E-state index in [1.54, 1.807) is 0 Å². The van der Waals surface area contributed by atoms with Crippen LogP contribution in [0.25, 0.3) is 110 Å². The van der Waals surface area contributed by atoms with Crippen LogP contribution in [0.5, 0.6) is 0 Å². The summed E-state index contributed by atoms with van der Waals surface area (Å²) in [6, 6.07) is 58.3. The molecule has 0 radical (unpaired) electrons. The van der Waals surface area contributed by atoms with Gasteiger partial charge in [0, 0.05) is 32.6 Å². The van der Waals surface area contributed by atoms with Gasteiger partial charge in [-0.15, -0.1) is 0 Å². The van der Waals surface area contributed by atoms with Gasteiger partial charge in [-0.3, -0.25) is 4.57 Å². The van der Waals surface area contributed by atoms with Crippen molar-refractivity contribution in [1.29, 1.82) is 0 Å². The minimum absolute atomic E-state index is 0.529. The molecule has 0 unspecified atom stereocenters. The lowest BCUT2D eigenvalue weighted by molar-refractivity contribution is 0.655. The van der Waals surface area contributed by atoms with Crippen molar-refractivity contribution in [2.75, 3.05) is 0 Å². The molecule has 8 aromatic carbocycles. The van der Waals surface area contributed by atoms with Crippen molar-refractivity contribution in [3.63, 3.8) is 0 Å². The highest BCUT2D eigenvalue weighted by molar-refractivity contribution is 6.29. The molecule has 0 bridgehead atoms. The summed E-state index contributed by atoms with van der Waals surface area (Å²) in [5, 5.41) is 10.3. The highest BCUT2D eigenvalue weighted by Crippen LogP contribution is 2.41. The lowest BCUT2D eigenvalue weighted by Gasteiger charge is -2.09. The Kier molecular flexibility index (Phi) is 5.71. The molecule has 0 aliphatic carbocycles. The molecule has 0 N–H and O–H groups in total. The van der Waals surface area contributed by atoms with Crippen LogP contribution in [0.4, 0.5) is 0 Å². The van der Waals surface area contributed by atoms with E-state index >= 15 is 0 Å². The summed E-state index contributed by atoms with van der Waals surface area (Å²) in [5.41, 5.74) is 10.1. The Hall–Kier alpha value is -7.24. The number of benzene rings is 8. The lowest BCUT2D eigenvalue weighted by atomic mass is 9.98. The van der Waals surface area contributed by atoms with E-state index in [0.29, 0.717) is 5.71 Å². The molecule has 12 rings (SSSR count). The van der Waals surface area contributed by atoms with Crippen molar-refractivity contribution in [3.8, 4) is 22.6 Å². The Morgan fingerprint density at radius 1 is 0.415 bits per heavy atom. The molecule has 5 nitrogen and oxygen atoms in total. The van der Waals surface area contributed by atoms with Crippen LogP contribution in [0.3, 0.4) is 0 Å². The van der Waals surface area contributed by atoms with E-state index in [9.17, 15) is 0 Å². The van der Waals surface area contributed by atoms with Crippen molar-refractivity contribution in [2.45, 2.75) is 0 Å². The minimum atomic E-state index is 0.529. The van der Waals surface area contributed by atoms with Gasteiger partial charge in [-0.2, -0.15) is 4.98 Å². The fraction of sp³-hybridized carbons (Fsp3) is 0. The maximum atomic E-state index is 6.65. The molecule has 5 heteroatoms. The van der Waals surface area contributed by atoms with E-state index in [0.717, 1.165) is 71.7 Å². The number of aromatic nitrogens is 4. The van der Waals surface area contributed by atoms with Gasteiger partial charge < -0.3 is 8.98 Å². The second-order valence-corrected chi connectivity index (χ2v) is 13.8. The first kappa shape index (κ1) is 28.5. The third-order valence-corrected chi connectivity index (χ3v) is 11.0. The van der Waals surface area contributed by atoms with Gasteiger partial charge in [0.2, 0.25) is 5.71 Å². The van der Waals surface area contributed by atoms with Gasteiger partial charge in [-0.1, -0.05) is 121 Å². The van der Waals surface area contributed by atoms with Crippen molar-refractivity contribution in [3.05, 3.63) is 170 Å². The van der Waals surface area contributed by atoms with Crippen LogP contribution < -0.4 is 0 Å². The average Bonchev–Trinajstić information content (AvgIpc) is 3.88. The zero-order chi connectivity index (χ0) is 34.6. The van der Waals surface area contributed by atoms with Gasteiger partial charge in [0.1, 0.15) is 11.1 Å². The van der Waals surface area contributed by atoms with Gasteiger partial charge in [0.05, 0.1) is 33.6 Å². The van der Waals surface area contributed by atoms with E-state index in [4.69, 9.17) is 14.4 Å². The van der Waals surface area contributed by atoms with Crippen LogP contribution in [0.1, 0.15) is 0 Å². The minimum Gasteiger partial charge on any atom is -0.436 e. The third kappa shape index (κ3) is 3.96. The lowest BCUT2D eigenvalue weighted by Crippen LogP contribution is -1.98. The summed E-state index contributed by atoms with van der Waals surface area (Å²) in [4.78, 5) is 10.3. The highest BCUT2D eigenvalue weighted by atomic mass is 16.3. The molecule has 246 valence electrons.